The number of amides is 1. The maximum absolute atomic E-state index is 12.5. The summed E-state index contributed by atoms with van der Waals surface area (Å²) < 4.78 is 0. The molecule has 0 saturated heterocycles. The van der Waals surface area contributed by atoms with Crippen molar-refractivity contribution in [3.8, 4) is 0 Å². The lowest BCUT2D eigenvalue weighted by atomic mass is 10.0. The fourth-order valence-electron chi connectivity index (χ4n) is 8.22. The zero-order valence-electron chi connectivity index (χ0n) is 38.9. The Hall–Kier alpha value is -1.13. The minimum atomic E-state index is -0.659. The molecule has 4 nitrogen and oxygen atoms in total. The van der Waals surface area contributed by atoms with E-state index < -0.39 is 12.1 Å². The fraction of sp³-hybridized carbons (Fsp3) is 0.906. The molecule has 57 heavy (non-hydrogen) atoms. The quantitative estimate of drug-likeness (QED) is 0.0424. The summed E-state index contributed by atoms with van der Waals surface area (Å²) in [5.41, 5.74) is 0. The lowest BCUT2D eigenvalue weighted by Gasteiger charge is -2.22. The van der Waals surface area contributed by atoms with Gasteiger partial charge >= 0.3 is 0 Å². The highest BCUT2D eigenvalue weighted by molar-refractivity contribution is 5.76. The van der Waals surface area contributed by atoms with E-state index in [2.05, 4.69) is 43.5 Å². The molecule has 0 radical (unpaired) electrons. The summed E-state index contributed by atoms with van der Waals surface area (Å²) in [7, 11) is 0. The van der Waals surface area contributed by atoms with Gasteiger partial charge in [0.25, 0.3) is 0 Å². The van der Waals surface area contributed by atoms with Gasteiger partial charge in [0.15, 0.2) is 0 Å². The van der Waals surface area contributed by atoms with Crippen LogP contribution in [0, 0.1) is 0 Å². The van der Waals surface area contributed by atoms with Crippen molar-refractivity contribution in [1.82, 2.24) is 5.32 Å². The maximum Gasteiger partial charge on any atom is 0.220 e. The van der Waals surface area contributed by atoms with Crippen LogP contribution in [0.5, 0.6) is 0 Å². The van der Waals surface area contributed by atoms with Crippen molar-refractivity contribution in [1.29, 1.82) is 0 Å². The summed E-state index contributed by atoms with van der Waals surface area (Å²) in [6.07, 6.45) is 64.3. The van der Waals surface area contributed by atoms with Crippen LogP contribution in [0.1, 0.15) is 290 Å². The molecule has 338 valence electrons. The summed E-state index contributed by atoms with van der Waals surface area (Å²) in [4.78, 5) is 12.5. The van der Waals surface area contributed by atoms with E-state index in [0.717, 1.165) is 32.1 Å². The molecule has 4 heteroatoms. The van der Waals surface area contributed by atoms with E-state index in [9.17, 15) is 15.0 Å². The number of nitrogens with one attached hydrogen (secondary N) is 1. The Bertz CT molecular complexity index is 825. The third-order valence-electron chi connectivity index (χ3n) is 12.2. The zero-order valence-corrected chi connectivity index (χ0v) is 38.9. The van der Waals surface area contributed by atoms with Gasteiger partial charge in [-0.2, -0.15) is 0 Å². The number of carbonyl (C=O) groups excluding carboxylic acids is 1. The van der Waals surface area contributed by atoms with Crippen LogP contribution in [0.4, 0.5) is 0 Å². The lowest BCUT2D eigenvalue weighted by molar-refractivity contribution is -0.123. The first kappa shape index (κ1) is 55.9. The van der Waals surface area contributed by atoms with Crippen LogP contribution in [0.15, 0.2) is 24.3 Å². The summed E-state index contributed by atoms with van der Waals surface area (Å²) >= 11 is 0. The minimum Gasteiger partial charge on any atom is -0.394 e. The first-order valence-electron chi connectivity index (χ1n) is 26.0. The van der Waals surface area contributed by atoms with Crippen LogP contribution in [-0.4, -0.2) is 34.9 Å². The number of hydrogen-bond donors (Lipinski definition) is 3. The normalized spacial score (nSPS) is 13.0. The number of allylic oxidation sites excluding steroid dienone is 4. The largest absolute Gasteiger partial charge is 0.394 e. The summed E-state index contributed by atoms with van der Waals surface area (Å²) in [6.45, 7) is 4.38. The van der Waals surface area contributed by atoms with Gasteiger partial charge in [0.1, 0.15) is 0 Å². The van der Waals surface area contributed by atoms with E-state index in [1.807, 2.05) is 0 Å². The first-order chi connectivity index (χ1) is 28.2. The molecule has 0 spiro atoms. The number of aliphatic hydroxyl groups is 2. The van der Waals surface area contributed by atoms with Crippen LogP contribution in [0.2, 0.25) is 0 Å². The average Bonchev–Trinajstić information content (AvgIpc) is 3.22. The summed E-state index contributed by atoms with van der Waals surface area (Å²) in [6, 6.07) is -0.536. The molecule has 0 saturated carbocycles. The van der Waals surface area contributed by atoms with E-state index in [0.29, 0.717) is 12.8 Å². The fourth-order valence-corrected chi connectivity index (χ4v) is 8.22. The Kier molecular flexibility index (Phi) is 48.3. The highest BCUT2D eigenvalue weighted by atomic mass is 16.3. The van der Waals surface area contributed by atoms with Gasteiger partial charge in [0, 0.05) is 6.42 Å². The number of unbranched alkanes of at least 4 members (excludes halogenated alkanes) is 37. The Labute approximate surface area is 358 Å². The third kappa shape index (κ3) is 45.8. The molecule has 2 unspecified atom stereocenters. The zero-order chi connectivity index (χ0) is 41.4. The molecular formula is C53H103NO3. The van der Waals surface area contributed by atoms with E-state index in [-0.39, 0.29) is 12.5 Å². The van der Waals surface area contributed by atoms with Gasteiger partial charge in [-0.15, -0.1) is 0 Å². The van der Waals surface area contributed by atoms with E-state index in [1.165, 1.54) is 231 Å². The smallest absolute Gasteiger partial charge is 0.220 e. The molecule has 3 N–H and O–H groups in total. The van der Waals surface area contributed by atoms with Gasteiger partial charge in [-0.25, -0.2) is 0 Å². The topological polar surface area (TPSA) is 69.6 Å². The number of aliphatic hydroxyl groups excluding tert-OH is 2. The minimum absolute atomic E-state index is 0.0296. The lowest BCUT2D eigenvalue weighted by Crippen LogP contribution is -2.45. The number of carbonyl (C=O) groups is 1. The molecule has 2 atom stereocenters. The molecule has 0 rings (SSSR count). The van der Waals surface area contributed by atoms with Crippen LogP contribution in [0.25, 0.3) is 0 Å². The van der Waals surface area contributed by atoms with Gasteiger partial charge in [-0.3, -0.25) is 4.79 Å². The predicted octanol–water partition coefficient (Wildman–Crippen LogP) is 16.8. The second-order valence-corrected chi connectivity index (χ2v) is 17.9. The number of hydrogen-bond acceptors (Lipinski definition) is 3. The van der Waals surface area contributed by atoms with Crippen LogP contribution in [-0.2, 0) is 4.79 Å². The van der Waals surface area contributed by atoms with Gasteiger partial charge in [0.05, 0.1) is 18.8 Å². The molecule has 0 aliphatic carbocycles. The molecular weight excluding hydrogens is 699 g/mol. The molecule has 0 aromatic heterocycles. The molecule has 0 aromatic carbocycles. The molecule has 0 aromatic rings. The first-order valence-corrected chi connectivity index (χ1v) is 26.0. The second kappa shape index (κ2) is 49.2. The molecule has 0 heterocycles. The van der Waals surface area contributed by atoms with Crippen LogP contribution < -0.4 is 5.32 Å². The third-order valence-corrected chi connectivity index (χ3v) is 12.2. The number of rotatable bonds is 48. The SMILES string of the molecule is CCCCCCC/C=C\C/C=C\CCCCCCCCCCCCCC(=O)NC(CO)C(O)CCCCCCCCCCCCCCCCCCCCCCCC. The molecule has 0 aliphatic heterocycles. The van der Waals surface area contributed by atoms with Crippen molar-refractivity contribution in [2.24, 2.45) is 0 Å². The van der Waals surface area contributed by atoms with Crippen molar-refractivity contribution in [3.05, 3.63) is 24.3 Å². The highest BCUT2D eigenvalue weighted by Crippen LogP contribution is 2.17. The van der Waals surface area contributed by atoms with Gasteiger partial charge in [-0.05, 0) is 44.9 Å². The summed E-state index contributed by atoms with van der Waals surface area (Å²) in [5, 5.41) is 23.3. The molecule has 0 fully saturated rings. The van der Waals surface area contributed by atoms with E-state index in [1.54, 1.807) is 0 Å². The van der Waals surface area contributed by atoms with Gasteiger partial charge in [0.2, 0.25) is 5.91 Å². The van der Waals surface area contributed by atoms with Crippen LogP contribution >= 0.6 is 0 Å². The van der Waals surface area contributed by atoms with Crippen molar-refractivity contribution in [2.45, 2.75) is 302 Å². The summed E-state index contributed by atoms with van der Waals surface area (Å²) in [5.74, 6) is -0.0296. The Morgan fingerprint density at radius 1 is 0.421 bits per heavy atom. The molecule has 0 bridgehead atoms. The van der Waals surface area contributed by atoms with Crippen molar-refractivity contribution in [3.63, 3.8) is 0 Å². The Morgan fingerprint density at radius 3 is 1.05 bits per heavy atom. The Morgan fingerprint density at radius 2 is 0.719 bits per heavy atom. The van der Waals surface area contributed by atoms with Crippen molar-refractivity contribution in [2.75, 3.05) is 6.61 Å². The van der Waals surface area contributed by atoms with E-state index in [4.69, 9.17) is 0 Å². The second-order valence-electron chi connectivity index (χ2n) is 17.9. The highest BCUT2D eigenvalue weighted by Gasteiger charge is 2.20. The monoisotopic (exact) mass is 802 g/mol. The van der Waals surface area contributed by atoms with Crippen molar-refractivity contribution >= 4 is 5.91 Å². The molecule has 1 amide bonds. The Balaban J connectivity index is 3.46. The maximum atomic E-state index is 12.5. The van der Waals surface area contributed by atoms with Gasteiger partial charge < -0.3 is 15.5 Å². The standard InChI is InChI=1S/C53H103NO3/c1-3-5-7-9-11-13-15-17-19-21-23-25-27-29-31-33-35-37-39-41-43-45-47-49-53(57)54-51(50-55)52(56)48-46-44-42-40-38-36-34-32-30-28-26-24-22-20-18-16-14-12-10-8-6-4-2/h15,17,21,23,51-52,55-56H,3-14,16,18-20,22,24-50H2,1-2H3,(H,54,57)/b17-15-,23-21-. The van der Waals surface area contributed by atoms with E-state index >= 15 is 0 Å². The molecule has 0 aliphatic rings. The average molecular weight is 802 g/mol. The van der Waals surface area contributed by atoms with Crippen LogP contribution in [0.3, 0.4) is 0 Å². The predicted molar refractivity (Wildman–Crippen MR) is 253 cm³/mol. The van der Waals surface area contributed by atoms with Crippen molar-refractivity contribution < 1.29 is 15.0 Å². The van der Waals surface area contributed by atoms with Gasteiger partial charge in [-0.1, -0.05) is 263 Å².